The highest BCUT2D eigenvalue weighted by Gasteiger charge is 2.45. The largest absolute Gasteiger partial charge is 0.477 e. The molecule has 0 atom stereocenters. The number of carboxylic acids is 1. The number of aromatic carboxylic acids is 1. The molecule has 0 aliphatic heterocycles. The Morgan fingerprint density at radius 1 is 1.62 bits per heavy atom. The van der Waals surface area contributed by atoms with Gasteiger partial charge in [-0.3, -0.25) is 0 Å². The van der Waals surface area contributed by atoms with Crippen LogP contribution in [0.25, 0.3) is 0 Å². The lowest BCUT2D eigenvalue weighted by Crippen LogP contribution is -2.20. The van der Waals surface area contributed by atoms with E-state index >= 15 is 0 Å². The van der Waals surface area contributed by atoms with Crippen LogP contribution in [0.1, 0.15) is 37.2 Å². The summed E-state index contributed by atoms with van der Waals surface area (Å²) in [4.78, 5) is 11.0. The number of hydrogen-bond donors (Lipinski definition) is 1. The van der Waals surface area contributed by atoms with Crippen molar-refractivity contribution in [2.75, 3.05) is 0 Å². The van der Waals surface area contributed by atoms with Gasteiger partial charge in [-0.05, 0) is 30.2 Å². The molecule has 0 saturated heterocycles. The molecule has 0 radical (unpaired) electrons. The number of nitrogens with zero attached hydrogens (tertiary/aromatic N) is 1. The molecule has 0 bridgehead atoms. The van der Waals surface area contributed by atoms with Gasteiger partial charge < -0.3 is 9.67 Å². The highest BCUT2D eigenvalue weighted by atomic mass is 35.5. The number of carboxylic acid groups (broad SMARTS) is 1. The maximum Gasteiger partial charge on any atom is 0.352 e. The normalized spacial score (nSPS) is 17.8. The summed E-state index contributed by atoms with van der Waals surface area (Å²) in [6.07, 6.45) is 4.08. The summed E-state index contributed by atoms with van der Waals surface area (Å²) < 4.78 is 1.78. The minimum Gasteiger partial charge on any atom is -0.477 e. The topological polar surface area (TPSA) is 42.2 Å². The van der Waals surface area contributed by atoms with Crippen molar-refractivity contribution in [3.8, 4) is 0 Å². The van der Waals surface area contributed by atoms with Crippen LogP contribution in [-0.2, 0) is 6.54 Å². The van der Waals surface area contributed by atoms with Crippen LogP contribution in [-0.4, -0.2) is 15.6 Å². The van der Waals surface area contributed by atoms with Crippen LogP contribution in [0, 0.1) is 11.3 Å². The fourth-order valence-electron chi connectivity index (χ4n) is 2.20. The van der Waals surface area contributed by atoms with Gasteiger partial charge in [-0.1, -0.05) is 25.4 Å². The molecule has 88 valence electrons. The van der Waals surface area contributed by atoms with Gasteiger partial charge in [0.1, 0.15) is 5.69 Å². The summed E-state index contributed by atoms with van der Waals surface area (Å²) in [5.41, 5.74) is 0.573. The first-order valence-electron chi connectivity index (χ1n) is 5.53. The van der Waals surface area contributed by atoms with Crippen LogP contribution < -0.4 is 0 Å². The first-order valence-corrected chi connectivity index (χ1v) is 5.91. The predicted octanol–water partition coefficient (Wildman–Crippen LogP) is 3.28. The lowest BCUT2D eigenvalue weighted by molar-refractivity contribution is 0.0682. The molecule has 2 rings (SSSR count). The van der Waals surface area contributed by atoms with E-state index in [4.69, 9.17) is 16.7 Å². The summed E-state index contributed by atoms with van der Waals surface area (Å²) in [6, 6.07) is 1.51. The SMILES string of the molecule is CC(C)C1(Cn2cc(Cl)cc2C(=O)O)CC1. The van der Waals surface area contributed by atoms with E-state index in [0.29, 0.717) is 10.9 Å². The Balaban J connectivity index is 2.24. The van der Waals surface area contributed by atoms with Crippen molar-refractivity contribution in [2.24, 2.45) is 11.3 Å². The summed E-state index contributed by atoms with van der Waals surface area (Å²) in [6.45, 7) is 5.15. The molecule has 1 aliphatic carbocycles. The third-order valence-corrected chi connectivity index (χ3v) is 3.89. The van der Waals surface area contributed by atoms with Crippen molar-refractivity contribution in [3.63, 3.8) is 0 Å². The van der Waals surface area contributed by atoms with Gasteiger partial charge in [0, 0.05) is 12.7 Å². The van der Waals surface area contributed by atoms with Crippen LogP contribution in [0.5, 0.6) is 0 Å². The zero-order valence-corrected chi connectivity index (χ0v) is 10.3. The van der Waals surface area contributed by atoms with Gasteiger partial charge in [-0.25, -0.2) is 4.79 Å². The van der Waals surface area contributed by atoms with Gasteiger partial charge in [0.05, 0.1) is 5.02 Å². The Bertz CT molecular complexity index is 419. The Morgan fingerprint density at radius 3 is 2.69 bits per heavy atom. The minimum atomic E-state index is -0.911. The lowest BCUT2D eigenvalue weighted by Gasteiger charge is -2.21. The number of hydrogen-bond acceptors (Lipinski definition) is 1. The molecular weight excluding hydrogens is 226 g/mol. The molecule has 0 aromatic carbocycles. The van der Waals surface area contributed by atoms with Gasteiger partial charge in [-0.15, -0.1) is 0 Å². The summed E-state index contributed by atoms with van der Waals surface area (Å²) in [5, 5.41) is 9.55. The lowest BCUT2D eigenvalue weighted by atomic mass is 9.92. The Hall–Kier alpha value is -0.960. The molecule has 1 aliphatic rings. The molecule has 0 amide bonds. The van der Waals surface area contributed by atoms with E-state index in [1.165, 1.54) is 18.9 Å². The number of rotatable bonds is 4. The summed E-state index contributed by atoms with van der Waals surface area (Å²) in [5.74, 6) is -0.332. The molecule has 16 heavy (non-hydrogen) atoms. The van der Waals surface area contributed by atoms with Gasteiger partial charge in [-0.2, -0.15) is 0 Å². The fraction of sp³-hybridized carbons (Fsp3) is 0.583. The van der Waals surface area contributed by atoms with E-state index in [9.17, 15) is 4.79 Å². The maximum absolute atomic E-state index is 11.0. The van der Waals surface area contributed by atoms with Crippen molar-refractivity contribution in [1.29, 1.82) is 0 Å². The van der Waals surface area contributed by atoms with Gasteiger partial charge in [0.15, 0.2) is 0 Å². The van der Waals surface area contributed by atoms with Crippen molar-refractivity contribution < 1.29 is 9.90 Å². The molecule has 0 unspecified atom stereocenters. The number of aromatic nitrogens is 1. The van der Waals surface area contributed by atoms with Crippen molar-refractivity contribution in [1.82, 2.24) is 4.57 Å². The third kappa shape index (κ3) is 1.96. The Labute approximate surface area is 100 Å². The standard InChI is InChI=1S/C12H16ClNO2/c1-8(2)12(3-4-12)7-14-6-9(13)5-10(14)11(15)16/h5-6,8H,3-4,7H2,1-2H3,(H,15,16). The average molecular weight is 242 g/mol. The second-order valence-corrected chi connectivity index (χ2v) is 5.43. The van der Waals surface area contributed by atoms with Crippen LogP contribution in [0.2, 0.25) is 5.02 Å². The van der Waals surface area contributed by atoms with Gasteiger partial charge >= 0.3 is 5.97 Å². The molecule has 4 heteroatoms. The molecule has 3 nitrogen and oxygen atoms in total. The van der Waals surface area contributed by atoms with E-state index in [1.54, 1.807) is 10.8 Å². The van der Waals surface area contributed by atoms with E-state index in [-0.39, 0.29) is 11.1 Å². The maximum atomic E-state index is 11.0. The van der Waals surface area contributed by atoms with Crippen LogP contribution in [0.3, 0.4) is 0 Å². The number of halogens is 1. The molecule has 1 aromatic heterocycles. The first-order chi connectivity index (χ1) is 7.44. The number of carbonyl (C=O) groups is 1. The molecule has 1 heterocycles. The predicted molar refractivity (Wildman–Crippen MR) is 62.9 cm³/mol. The molecule has 1 fully saturated rings. The van der Waals surface area contributed by atoms with Gasteiger partial charge in [0.2, 0.25) is 0 Å². The molecule has 1 saturated carbocycles. The van der Waals surface area contributed by atoms with E-state index in [0.717, 1.165) is 6.54 Å². The second-order valence-electron chi connectivity index (χ2n) is 4.99. The zero-order valence-electron chi connectivity index (χ0n) is 9.53. The van der Waals surface area contributed by atoms with Crippen LogP contribution in [0.15, 0.2) is 12.3 Å². The smallest absolute Gasteiger partial charge is 0.352 e. The Kier molecular flexibility index (Phi) is 2.74. The van der Waals surface area contributed by atoms with E-state index in [2.05, 4.69) is 13.8 Å². The van der Waals surface area contributed by atoms with Gasteiger partial charge in [0.25, 0.3) is 0 Å². The summed E-state index contributed by atoms with van der Waals surface area (Å²) in [7, 11) is 0. The van der Waals surface area contributed by atoms with E-state index in [1.807, 2.05) is 0 Å². The average Bonchev–Trinajstić information content (AvgIpc) is 2.85. The highest BCUT2D eigenvalue weighted by Crippen LogP contribution is 2.53. The zero-order chi connectivity index (χ0) is 11.9. The van der Waals surface area contributed by atoms with Crippen LogP contribution >= 0.6 is 11.6 Å². The second kappa shape index (κ2) is 3.81. The van der Waals surface area contributed by atoms with Crippen molar-refractivity contribution >= 4 is 17.6 Å². The Morgan fingerprint density at radius 2 is 2.25 bits per heavy atom. The molecule has 1 N–H and O–H groups in total. The van der Waals surface area contributed by atoms with Crippen molar-refractivity contribution in [3.05, 3.63) is 23.0 Å². The van der Waals surface area contributed by atoms with Crippen molar-refractivity contribution in [2.45, 2.75) is 33.2 Å². The first kappa shape index (κ1) is 11.5. The molecule has 1 aromatic rings. The van der Waals surface area contributed by atoms with Crippen LogP contribution in [0.4, 0.5) is 0 Å². The molecular formula is C12H16ClNO2. The monoisotopic (exact) mass is 241 g/mol. The fourth-order valence-corrected chi connectivity index (χ4v) is 2.42. The minimum absolute atomic E-state index is 0.284. The highest BCUT2D eigenvalue weighted by molar-refractivity contribution is 6.30. The summed E-state index contributed by atoms with van der Waals surface area (Å²) >= 11 is 5.85. The third-order valence-electron chi connectivity index (χ3n) is 3.68. The quantitative estimate of drug-likeness (QED) is 0.879. The molecule has 0 spiro atoms. The van der Waals surface area contributed by atoms with E-state index < -0.39 is 5.97 Å².